The molecule has 1 atom stereocenters. The van der Waals surface area contributed by atoms with Gasteiger partial charge in [-0.2, -0.15) is 0 Å². The highest BCUT2D eigenvalue weighted by molar-refractivity contribution is 5.86. The maximum Gasteiger partial charge on any atom is 0.331 e. The average Bonchev–Trinajstić information content (AvgIpc) is 2.30. The molecule has 4 heteroatoms. The molecule has 0 spiro atoms. The Labute approximate surface area is 103 Å². The SMILES string of the molecule is CCC(=CCN1CCC(C(C)O)CC1)C(=O)O. The Bertz CT molecular complexity index is 278. The Kier molecular flexibility index (Phi) is 5.65. The van der Waals surface area contributed by atoms with Gasteiger partial charge in [-0.3, -0.25) is 4.90 Å². The highest BCUT2D eigenvalue weighted by atomic mass is 16.4. The minimum Gasteiger partial charge on any atom is -0.478 e. The van der Waals surface area contributed by atoms with Gasteiger partial charge in [-0.25, -0.2) is 4.79 Å². The van der Waals surface area contributed by atoms with Crippen LogP contribution < -0.4 is 0 Å². The second kappa shape index (κ2) is 6.77. The number of nitrogens with zero attached hydrogens (tertiary/aromatic N) is 1. The van der Waals surface area contributed by atoms with Gasteiger partial charge < -0.3 is 10.2 Å². The number of likely N-dealkylation sites (tertiary alicyclic amines) is 1. The van der Waals surface area contributed by atoms with Crippen LogP contribution in [0.2, 0.25) is 0 Å². The Balaban J connectivity index is 2.38. The van der Waals surface area contributed by atoms with Crippen LogP contribution in [0.5, 0.6) is 0 Å². The van der Waals surface area contributed by atoms with Gasteiger partial charge in [0.15, 0.2) is 0 Å². The van der Waals surface area contributed by atoms with Crippen LogP contribution in [-0.2, 0) is 4.79 Å². The van der Waals surface area contributed by atoms with E-state index in [9.17, 15) is 9.90 Å². The van der Waals surface area contributed by atoms with Gasteiger partial charge >= 0.3 is 5.97 Å². The first-order chi connectivity index (χ1) is 8.04. The molecule has 98 valence electrons. The normalized spacial score (nSPS) is 21.5. The molecule has 1 aliphatic rings. The van der Waals surface area contributed by atoms with Crippen LogP contribution in [0, 0.1) is 5.92 Å². The Morgan fingerprint density at radius 2 is 2.06 bits per heavy atom. The van der Waals surface area contributed by atoms with Crippen LogP contribution >= 0.6 is 0 Å². The van der Waals surface area contributed by atoms with Crippen LogP contribution in [0.3, 0.4) is 0 Å². The smallest absolute Gasteiger partial charge is 0.331 e. The topological polar surface area (TPSA) is 60.8 Å². The molecule has 4 nitrogen and oxygen atoms in total. The standard InChI is InChI=1S/C13H23NO3/c1-3-11(13(16)17)4-7-14-8-5-12(6-9-14)10(2)15/h4,10,12,15H,3,5-9H2,1-2H3,(H,16,17). The van der Waals surface area contributed by atoms with E-state index in [2.05, 4.69) is 4.90 Å². The largest absolute Gasteiger partial charge is 0.478 e. The fraction of sp³-hybridized carbons (Fsp3) is 0.769. The zero-order valence-electron chi connectivity index (χ0n) is 10.7. The van der Waals surface area contributed by atoms with Gasteiger partial charge in [-0.1, -0.05) is 13.0 Å². The first-order valence-electron chi connectivity index (χ1n) is 6.37. The summed E-state index contributed by atoms with van der Waals surface area (Å²) in [5.41, 5.74) is 0.489. The Morgan fingerprint density at radius 3 is 2.47 bits per heavy atom. The van der Waals surface area contributed by atoms with Gasteiger partial charge in [0.25, 0.3) is 0 Å². The van der Waals surface area contributed by atoms with Gasteiger partial charge in [0.1, 0.15) is 0 Å². The summed E-state index contributed by atoms with van der Waals surface area (Å²) in [4.78, 5) is 13.1. The Hall–Kier alpha value is -0.870. The molecular weight excluding hydrogens is 218 g/mol. The van der Waals surface area contributed by atoms with E-state index in [4.69, 9.17) is 5.11 Å². The molecular formula is C13H23NO3. The van der Waals surface area contributed by atoms with Crippen LogP contribution in [-0.4, -0.2) is 46.8 Å². The van der Waals surface area contributed by atoms with Crippen molar-refractivity contribution in [2.75, 3.05) is 19.6 Å². The summed E-state index contributed by atoms with van der Waals surface area (Å²) >= 11 is 0. The van der Waals surface area contributed by atoms with Crippen molar-refractivity contribution in [2.45, 2.75) is 39.2 Å². The number of piperidine rings is 1. The monoisotopic (exact) mass is 241 g/mol. The summed E-state index contributed by atoms with van der Waals surface area (Å²) in [6, 6.07) is 0. The van der Waals surface area contributed by atoms with Crippen molar-refractivity contribution in [3.05, 3.63) is 11.6 Å². The van der Waals surface area contributed by atoms with Crippen molar-refractivity contribution in [2.24, 2.45) is 5.92 Å². The number of aliphatic carboxylic acids is 1. The van der Waals surface area contributed by atoms with Crippen molar-refractivity contribution in [3.8, 4) is 0 Å². The van der Waals surface area contributed by atoms with E-state index in [1.807, 2.05) is 19.9 Å². The first kappa shape index (κ1) is 14.2. The van der Waals surface area contributed by atoms with Crippen LogP contribution in [0.1, 0.15) is 33.1 Å². The minimum absolute atomic E-state index is 0.224. The van der Waals surface area contributed by atoms with E-state index in [0.717, 1.165) is 25.9 Å². The highest BCUT2D eigenvalue weighted by Crippen LogP contribution is 2.20. The molecule has 0 radical (unpaired) electrons. The van der Waals surface area contributed by atoms with E-state index >= 15 is 0 Å². The molecule has 1 rings (SSSR count). The predicted molar refractivity (Wildman–Crippen MR) is 66.9 cm³/mol. The van der Waals surface area contributed by atoms with Crippen LogP contribution in [0.4, 0.5) is 0 Å². The third-order valence-electron chi connectivity index (χ3n) is 3.57. The molecule has 1 saturated heterocycles. The predicted octanol–water partition coefficient (Wildman–Crippen LogP) is 1.50. The molecule has 0 amide bonds. The average molecular weight is 241 g/mol. The number of carbonyl (C=O) groups is 1. The van der Waals surface area contributed by atoms with E-state index in [-0.39, 0.29) is 6.10 Å². The minimum atomic E-state index is -0.814. The second-order valence-electron chi connectivity index (χ2n) is 4.77. The first-order valence-corrected chi connectivity index (χ1v) is 6.37. The van der Waals surface area contributed by atoms with Crippen LogP contribution in [0.15, 0.2) is 11.6 Å². The van der Waals surface area contributed by atoms with Crippen molar-refractivity contribution >= 4 is 5.97 Å². The second-order valence-corrected chi connectivity index (χ2v) is 4.77. The third-order valence-corrected chi connectivity index (χ3v) is 3.57. The number of carboxylic acids is 1. The molecule has 0 aliphatic carbocycles. The fourth-order valence-corrected chi connectivity index (χ4v) is 2.24. The molecule has 1 heterocycles. The number of aliphatic hydroxyl groups is 1. The molecule has 17 heavy (non-hydrogen) atoms. The van der Waals surface area contributed by atoms with E-state index in [1.54, 1.807) is 0 Å². The summed E-state index contributed by atoms with van der Waals surface area (Å²) in [5.74, 6) is -0.410. The summed E-state index contributed by atoms with van der Waals surface area (Å²) < 4.78 is 0. The molecule has 0 saturated carbocycles. The molecule has 1 aliphatic heterocycles. The third kappa shape index (κ3) is 4.48. The quantitative estimate of drug-likeness (QED) is 0.716. The van der Waals surface area contributed by atoms with Crippen molar-refractivity contribution in [3.63, 3.8) is 0 Å². The van der Waals surface area contributed by atoms with Gasteiger partial charge in [-0.05, 0) is 45.2 Å². The number of rotatable bonds is 5. The number of carboxylic acid groups (broad SMARTS) is 1. The van der Waals surface area contributed by atoms with E-state index in [1.165, 1.54) is 0 Å². The lowest BCUT2D eigenvalue weighted by Crippen LogP contribution is -2.37. The number of hydrogen-bond donors (Lipinski definition) is 2. The van der Waals surface area contributed by atoms with Gasteiger partial charge in [0.2, 0.25) is 0 Å². The lowest BCUT2D eigenvalue weighted by atomic mass is 9.92. The lowest BCUT2D eigenvalue weighted by Gasteiger charge is -2.32. The molecule has 0 bridgehead atoms. The molecule has 0 aromatic carbocycles. The van der Waals surface area contributed by atoms with Gasteiger partial charge in [-0.15, -0.1) is 0 Å². The molecule has 0 aromatic heterocycles. The molecule has 1 fully saturated rings. The van der Waals surface area contributed by atoms with Crippen LogP contribution in [0.25, 0.3) is 0 Å². The zero-order valence-corrected chi connectivity index (χ0v) is 10.7. The zero-order chi connectivity index (χ0) is 12.8. The van der Waals surface area contributed by atoms with Crippen molar-refractivity contribution in [1.82, 2.24) is 4.90 Å². The maximum absolute atomic E-state index is 10.8. The van der Waals surface area contributed by atoms with E-state index < -0.39 is 5.97 Å². The van der Waals surface area contributed by atoms with Gasteiger partial charge in [0, 0.05) is 12.1 Å². The highest BCUT2D eigenvalue weighted by Gasteiger charge is 2.21. The van der Waals surface area contributed by atoms with Gasteiger partial charge in [0.05, 0.1) is 6.10 Å². The Morgan fingerprint density at radius 1 is 1.47 bits per heavy atom. The molecule has 2 N–H and O–H groups in total. The maximum atomic E-state index is 10.8. The number of hydrogen-bond acceptors (Lipinski definition) is 3. The number of aliphatic hydroxyl groups excluding tert-OH is 1. The van der Waals surface area contributed by atoms with Crippen molar-refractivity contribution < 1.29 is 15.0 Å². The summed E-state index contributed by atoms with van der Waals surface area (Å²) in [6.45, 7) is 6.31. The summed E-state index contributed by atoms with van der Waals surface area (Å²) in [5, 5.41) is 18.4. The fourth-order valence-electron chi connectivity index (χ4n) is 2.24. The van der Waals surface area contributed by atoms with E-state index in [0.29, 0.717) is 24.5 Å². The molecule has 1 unspecified atom stereocenters. The lowest BCUT2D eigenvalue weighted by molar-refractivity contribution is -0.132. The van der Waals surface area contributed by atoms with Crippen molar-refractivity contribution in [1.29, 1.82) is 0 Å². The molecule has 0 aromatic rings. The summed E-state index contributed by atoms with van der Waals surface area (Å²) in [6.07, 6.45) is 4.16. The summed E-state index contributed by atoms with van der Waals surface area (Å²) in [7, 11) is 0.